The minimum absolute atomic E-state index is 0.487. The zero-order chi connectivity index (χ0) is 14.0. The first-order valence-corrected chi connectivity index (χ1v) is 7.60. The summed E-state index contributed by atoms with van der Waals surface area (Å²) in [5.74, 6) is 0. The van der Waals surface area contributed by atoms with Crippen LogP contribution in [0.25, 0.3) is 10.8 Å². The number of halogens is 1. The van der Waals surface area contributed by atoms with Gasteiger partial charge in [0.15, 0.2) is 0 Å². The molecule has 7 heteroatoms. The molecule has 0 bridgehead atoms. The van der Waals surface area contributed by atoms with Crippen molar-refractivity contribution in [3.8, 4) is 0 Å². The molecule has 2 N–H and O–H groups in total. The van der Waals surface area contributed by atoms with Gasteiger partial charge in [-0.3, -0.25) is 0 Å². The van der Waals surface area contributed by atoms with Crippen LogP contribution in [0, 0.1) is 0 Å². The van der Waals surface area contributed by atoms with Crippen molar-refractivity contribution in [1.29, 1.82) is 0 Å². The molecule has 0 aliphatic heterocycles. The Morgan fingerprint density at radius 1 is 1.11 bits per heavy atom. The van der Waals surface area contributed by atoms with Gasteiger partial charge in [-0.2, -0.15) is 0 Å². The number of amides is 2. The molecule has 19 heavy (non-hydrogen) atoms. The van der Waals surface area contributed by atoms with Gasteiger partial charge in [-0.05, 0) is 12.1 Å². The van der Waals surface area contributed by atoms with E-state index in [1.165, 1.54) is 0 Å². The maximum Gasteiger partial charge on any atom is 0.332 e. The lowest BCUT2D eigenvalue weighted by molar-refractivity contribution is 0.256. The molecule has 100 valence electrons. The van der Waals surface area contributed by atoms with E-state index in [4.69, 9.17) is 11.6 Å². The van der Waals surface area contributed by atoms with Crippen LogP contribution in [0.1, 0.15) is 0 Å². The third-order valence-corrected chi connectivity index (χ3v) is 3.28. The molecule has 2 aromatic carbocycles. The maximum atomic E-state index is 11.5. The van der Waals surface area contributed by atoms with E-state index in [9.17, 15) is 13.2 Å². The molecule has 0 atom stereocenters. The third kappa shape index (κ3) is 3.36. The molecule has 5 nitrogen and oxygen atoms in total. The molecule has 0 aliphatic rings. The average molecular weight is 299 g/mol. The SMILES string of the molecule is CS(=O)(=O)NC(=O)Nc1ccc(Cl)c2ccccc12. The molecule has 0 aliphatic carbocycles. The normalized spacial score (nSPS) is 11.3. The van der Waals surface area contributed by atoms with E-state index in [-0.39, 0.29) is 0 Å². The number of hydrogen-bond donors (Lipinski definition) is 2. The molecule has 2 aromatic rings. The van der Waals surface area contributed by atoms with Gasteiger partial charge in [-0.15, -0.1) is 0 Å². The standard InChI is InChI=1S/C12H11ClN2O3S/c1-19(17,18)15-12(16)14-11-7-6-10(13)8-4-2-3-5-9(8)11/h2-7H,1H3,(H2,14,15,16). The fourth-order valence-electron chi connectivity index (χ4n) is 1.69. The molecular weight excluding hydrogens is 288 g/mol. The minimum atomic E-state index is -3.59. The van der Waals surface area contributed by atoms with Crippen LogP contribution in [0.15, 0.2) is 36.4 Å². The number of sulfonamides is 1. The fraction of sp³-hybridized carbons (Fsp3) is 0.0833. The van der Waals surface area contributed by atoms with Crippen molar-refractivity contribution in [3.05, 3.63) is 41.4 Å². The van der Waals surface area contributed by atoms with E-state index in [0.29, 0.717) is 10.7 Å². The van der Waals surface area contributed by atoms with E-state index in [1.807, 2.05) is 16.9 Å². The number of benzene rings is 2. The van der Waals surface area contributed by atoms with Crippen molar-refractivity contribution < 1.29 is 13.2 Å². The topological polar surface area (TPSA) is 75.3 Å². The molecule has 2 rings (SSSR count). The lowest BCUT2D eigenvalue weighted by Crippen LogP contribution is -2.33. The van der Waals surface area contributed by atoms with Crippen LogP contribution in [0.3, 0.4) is 0 Å². The molecule has 0 radical (unpaired) electrons. The molecule has 0 aromatic heterocycles. The lowest BCUT2D eigenvalue weighted by Gasteiger charge is -2.10. The van der Waals surface area contributed by atoms with Crippen molar-refractivity contribution in [2.24, 2.45) is 0 Å². The van der Waals surface area contributed by atoms with Crippen LogP contribution in [0.4, 0.5) is 10.5 Å². The first-order chi connectivity index (χ1) is 8.87. The van der Waals surface area contributed by atoms with Crippen LogP contribution in [-0.4, -0.2) is 20.7 Å². The van der Waals surface area contributed by atoms with Crippen molar-refractivity contribution in [1.82, 2.24) is 4.72 Å². The van der Waals surface area contributed by atoms with Crippen molar-refractivity contribution in [2.45, 2.75) is 0 Å². The van der Waals surface area contributed by atoms with Crippen LogP contribution in [0.5, 0.6) is 0 Å². The highest BCUT2D eigenvalue weighted by atomic mass is 35.5. The van der Waals surface area contributed by atoms with Gasteiger partial charge in [-0.25, -0.2) is 17.9 Å². The summed E-state index contributed by atoms with van der Waals surface area (Å²) >= 11 is 6.05. The number of hydrogen-bond acceptors (Lipinski definition) is 3. The van der Waals surface area contributed by atoms with E-state index < -0.39 is 16.1 Å². The number of nitrogens with one attached hydrogen (secondary N) is 2. The zero-order valence-electron chi connectivity index (χ0n) is 9.98. The second kappa shape index (κ2) is 5.07. The highest BCUT2D eigenvalue weighted by molar-refractivity contribution is 7.89. The predicted molar refractivity (Wildman–Crippen MR) is 76.0 cm³/mol. The zero-order valence-corrected chi connectivity index (χ0v) is 11.5. The summed E-state index contributed by atoms with van der Waals surface area (Å²) in [5.41, 5.74) is 0.487. The largest absolute Gasteiger partial charge is 0.332 e. The van der Waals surface area contributed by atoms with Crippen LogP contribution in [-0.2, 0) is 10.0 Å². The minimum Gasteiger partial charge on any atom is -0.307 e. The Labute approximate surface area is 115 Å². The Bertz CT molecular complexity index is 744. The number of rotatable bonds is 2. The third-order valence-electron chi connectivity index (χ3n) is 2.40. The highest BCUT2D eigenvalue weighted by Gasteiger charge is 2.10. The van der Waals surface area contributed by atoms with Gasteiger partial charge < -0.3 is 5.32 Å². The molecule has 0 unspecified atom stereocenters. The Morgan fingerprint density at radius 3 is 2.37 bits per heavy atom. The first-order valence-electron chi connectivity index (χ1n) is 5.33. The second-order valence-electron chi connectivity index (χ2n) is 3.97. The van der Waals surface area contributed by atoms with Gasteiger partial charge in [0.2, 0.25) is 10.0 Å². The summed E-state index contributed by atoms with van der Waals surface area (Å²) in [7, 11) is -3.59. The Hall–Kier alpha value is -1.79. The second-order valence-corrected chi connectivity index (χ2v) is 6.12. The molecule has 0 spiro atoms. The predicted octanol–water partition coefficient (Wildman–Crippen LogP) is 2.57. The van der Waals surface area contributed by atoms with Crippen LogP contribution in [0.2, 0.25) is 5.02 Å². The van der Waals surface area contributed by atoms with E-state index >= 15 is 0 Å². The Kier molecular flexibility index (Phi) is 3.64. The van der Waals surface area contributed by atoms with Gasteiger partial charge in [0.1, 0.15) is 0 Å². The highest BCUT2D eigenvalue weighted by Crippen LogP contribution is 2.29. The monoisotopic (exact) mass is 298 g/mol. The quantitative estimate of drug-likeness (QED) is 0.895. The first kappa shape index (κ1) is 13.6. The van der Waals surface area contributed by atoms with Gasteiger partial charge in [0, 0.05) is 15.8 Å². The summed E-state index contributed by atoms with van der Waals surface area (Å²) in [6.07, 6.45) is 0.909. The van der Waals surface area contributed by atoms with E-state index in [0.717, 1.165) is 17.0 Å². The molecule has 0 saturated carbocycles. The molecule has 0 heterocycles. The van der Waals surface area contributed by atoms with Gasteiger partial charge in [0.25, 0.3) is 0 Å². The fourth-order valence-corrected chi connectivity index (χ4v) is 2.30. The smallest absolute Gasteiger partial charge is 0.307 e. The van der Waals surface area contributed by atoms with Gasteiger partial charge >= 0.3 is 6.03 Å². The van der Waals surface area contributed by atoms with Crippen molar-refractivity contribution >= 4 is 44.1 Å². The number of anilines is 1. The van der Waals surface area contributed by atoms with Crippen molar-refractivity contribution in [2.75, 3.05) is 11.6 Å². The Morgan fingerprint density at radius 2 is 1.74 bits per heavy atom. The van der Waals surface area contributed by atoms with Gasteiger partial charge in [-0.1, -0.05) is 35.9 Å². The van der Waals surface area contributed by atoms with E-state index in [2.05, 4.69) is 5.32 Å². The number of carbonyl (C=O) groups is 1. The van der Waals surface area contributed by atoms with E-state index in [1.54, 1.807) is 24.3 Å². The number of urea groups is 1. The maximum absolute atomic E-state index is 11.5. The summed E-state index contributed by atoms with van der Waals surface area (Å²) < 4.78 is 23.7. The lowest BCUT2D eigenvalue weighted by atomic mass is 10.1. The summed E-state index contributed by atoms with van der Waals surface area (Å²) in [5, 5.41) is 4.55. The van der Waals surface area contributed by atoms with Crippen LogP contribution < -0.4 is 10.0 Å². The molecule has 0 saturated heterocycles. The van der Waals surface area contributed by atoms with Gasteiger partial charge in [0.05, 0.1) is 11.9 Å². The number of fused-ring (bicyclic) bond motifs is 1. The Balaban J connectivity index is 2.37. The molecule has 0 fully saturated rings. The average Bonchev–Trinajstić information content (AvgIpc) is 2.31. The van der Waals surface area contributed by atoms with Crippen molar-refractivity contribution in [3.63, 3.8) is 0 Å². The van der Waals surface area contributed by atoms with Crippen LogP contribution >= 0.6 is 11.6 Å². The molecular formula is C12H11ClN2O3S. The molecule has 2 amide bonds. The summed E-state index contributed by atoms with van der Waals surface area (Å²) in [6.45, 7) is 0. The summed E-state index contributed by atoms with van der Waals surface area (Å²) in [4.78, 5) is 11.5. The summed E-state index contributed by atoms with van der Waals surface area (Å²) in [6, 6.07) is 9.68. The number of carbonyl (C=O) groups excluding carboxylic acids is 1.